The predicted octanol–water partition coefficient (Wildman–Crippen LogP) is 3.09. The van der Waals surface area contributed by atoms with Crippen LogP contribution in [0.25, 0.3) is 0 Å². The van der Waals surface area contributed by atoms with Crippen molar-refractivity contribution in [3.8, 4) is 0 Å². The molecule has 1 N–H and O–H groups in total. The SMILES string of the molecule is O=C(CCNCCCc1ccccc1)N1CCN(c2ccc(F)cc2)CC1. The first-order valence-electron chi connectivity index (χ1n) is 9.75. The molecule has 1 fully saturated rings. The Morgan fingerprint density at radius 1 is 0.926 bits per heavy atom. The highest BCUT2D eigenvalue weighted by Crippen LogP contribution is 2.17. The Balaban J connectivity index is 1.28. The summed E-state index contributed by atoms with van der Waals surface area (Å²) in [7, 11) is 0. The van der Waals surface area contributed by atoms with Crippen molar-refractivity contribution < 1.29 is 9.18 Å². The highest BCUT2D eigenvalue weighted by atomic mass is 19.1. The predicted molar refractivity (Wildman–Crippen MR) is 107 cm³/mol. The van der Waals surface area contributed by atoms with Gasteiger partial charge in [-0.2, -0.15) is 0 Å². The van der Waals surface area contributed by atoms with Crippen LogP contribution in [0.2, 0.25) is 0 Å². The third-order valence-electron chi connectivity index (χ3n) is 5.00. The fraction of sp³-hybridized carbons (Fsp3) is 0.409. The van der Waals surface area contributed by atoms with Gasteiger partial charge in [-0.3, -0.25) is 4.79 Å². The summed E-state index contributed by atoms with van der Waals surface area (Å²) in [5.41, 5.74) is 2.37. The fourth-order valence-electron chi connectivity index (χ4n) is 3.41. The lowest BCUT2D eigenvalue weighted by molar-refractivity contribution is -0.131. The Kier molecular flexibility index (Phi) is 7.22. The molecule has 27 heavy (non-hydrogen) atoms. The second kappa shape index (κ2) is 10.1. The van der Waals surface area contributed by atoms with Crippen molar-refractivity contribution in [3.05, 3.63) is 66.0 Å². The molecule has 0 radical (unpaired) electrons. The van der Waals surface area contributed by atoms with Crippen molar-refractivity contribution in [2.24, 2.45) is 0 Å². The van der Waals surface area contributed by atoms with Crippen LogP contribution in [0.3, 0.4) is 0 Å². The topological polar surface area (TPSA) is 35.6 Å². The summed E-state index contributed by atoms with van der Waals surface area (Å²) < 4.78 is 13.0. The zero-order valence-electron chi connectivity index (χ0n) is 15.7. The maximum absolute atomic E-state index is 13.0. The van der Waals surface area contributed by atoms with Crippen molar-refractivity contribution in [1.82, 2.24) is 10.2 Å². The molecule has 0 aliphatic carbocycles. The van der Waals surface area contributed by atoms with Crippen LogP contribution in [-0.4, -0.2) is 50.1 Å². The lowest BCUT2D eigenvalue weighted by atomic mass is 10.1. The second-order valence-corrected chi connectivity index (χ2v) is 6.93. The Hall–Kier alpha value is -2.40. The average molecular weight is 369 g/mol. The van der Waals surface area contributed by atoms with Gasteiger partial charge in [0.25, 0.3) is 0 Å². The summed E-state index contributed by atoms with van der Waals surface area (Å²) in [6, 6.07) is 17.0. The fourth-order valence-corrected chi connectivity index (χ4v) is 3.41. The average Bonchev–Trinajstić information content (AvgIpc) is 2.72. The maximum atomic E-state index is 13.0. The van der Waals surface area contributed by atoms with Crippen LogP contribution in [-0.2, 0) is 11.2 Å². The molecule has 0 saturated carbocycles. The molecule has 0 unspecified atom stereocenters. The summed E-state index contributed by atoms with van der Waals surface area (Å²) in [6.07, 6.45) is 2.68. The minimum Gasteiger partial charge on any atom is -0.368 e. The van der Waals surface area contributed by atoms with Crippen LogP contribution in [0.4, 0.5) is 10.1 Å². The molecule has 0 aromatic heterocycles. The number of carbonyl (C=O) groups excluding carboxylic acids is 1. The first-order valence-corrected chi connectivity index (χ1v) is 9.75. The minimum atomic E-state index is -0.219. The van der Waals surface area contributed by atoms with Gasteiger partial charge < -0.3 is 15.1 Å². The first-order chi connectivity index (χ1) is 13.2. The number of anilines is 1. The molecular formula is C22H28FN3O. The molecule has 5 heteroatoms. The molecule has 3 rings (SSSR count). The summed E-state index contributed by atoms with van der Waals surface area (Å²) in [5.74, 6) is -0.00634. The standard InChI is InChI=1S/C22H28FN3O/c23-20-8-10-21(11-9-20)25-15-17-26(18-16-25)22(27)12-14-24-13-4-7-19-5-2-1-3-6-19/h1-3,5-6,8-11,24H,4,7,12-18H2. The molecule has 1 aliphatic heterocycles. The van der Waals surface area contributed by atoms with Gasteiger partial charge in [-0.25, -0.2) is 4.39 Å². The number of aryl methyl sites for hydroxylation is 1. The maximum Gasteiger partial charge on any atom is 0.223 e. The van der Waals surface area contributed by atoms with Crippen molar-refractivity contribution in [1.29, 1.82) is 0 Å². The van der Waals surface area contributed by atoms with Crippen molar-refractivity contribution in [2.75, 3.05) is 44.2 Å². The van der Waals surface area contributed by atoms with Crippen LogP contribution in [0.15, 0.2) is 54.6 Å². The molecule has 1 saturated heterocycles. The van der Waals surface area contributed by atoms with Gasteiger partial charge in [0.15, 0.2) is 0 Å². The van der Waals surface area contributed by atoms with Gasteiger partial charge in [-0.05, 0) is 49.2 Å². The third-order valence-corrected chi connectivity index (χ3v) is 5.00. The minimum absolute atomic E-state index is 0.212. The van der Waals surface area contributed by atoms with E-state index in [0.717, 1.165) is 57.8 Å². The van der Waals surface area contributed by atoms with E-state index in [-0.39, 0.29) is 11.7 Å². The number of rotatable bonds is 8. The van der Waals surface area contributed by atoms with Gasteiger partial charge in [-0.15, -0.1) is 0 Å². The van der Waals surface area contributed by atoms with Crippen LogP contribution in [0.5, 0.6) is 0 Å². The van der Waals surface area contributed by atoms with Gasteiger partial charge in [0.1, 0.15) is 5.82 Å². The molecular weight excluding hydrogens is 341 g/mol. The number of hydrogen-bond acceptors (Lipinski definition) is 3. The van der Waals surface area contributed by atoms with E-state index in [9.17, 15) is 9.18 Å². The molecule has 1 aliphatic rings. The number of benzene rings is 2. The smallest absolute Gasteiger partial charge is 0.223 e. The molecule has 0 spiro atoms. The molecule has 2 aromatic rings. The highest BCUT2D eigenvalue weighted by molar-refractivity contribution is 5.76. The molecule has 4 nitrogen and oxygen atoms in total. The van der Waals surface area contributed by atoms with E-state index < -0.39 is 0 Å². The largest absolute Gasteiger partial charge is 0.368 e. The van der Waals surface area contributed by atoms with Crippen molar-refractivity contribution in [3.63, 3.8) is 0 Å². The number of hydrogen-bond donors (Lipinski definition) is 1. The van der Waals surface area contributed by atoms with Gasteiger partial charge in [0.2, 0.25) is 5.91 Å². The van der Waals surface area contributed by atoms with Crippen LogP contribution >= 0.6 is 0 Å². The summed E-state index contributed by atoms with van der Waals surface area (Å²) in [4.78, 5) is 16.5. The number of carbonyl (C=O) groups is 1. The first kappa shape index (κ1) is 19.4. The quantitative estimate of drug-likeness (QED) is 0.727. The van der Waals surface area contributed by atoms with Crippen molar-refractivity contribution >= 4 is 11.6 Å². The summed E-state index contributed by atoms with van der Waals surface area (Å²) in [5, 5.41) is 3.37. The Bertz CT molecular complexity index is 697. The highest BCUT2D eigenvalue weighted by Gasteiger charge is 2.20. The van der Waals surface area contributed by atoms with Crippen LogP contribution in [0, 0.1) is 5.82 Å². The van der Waals surface area contributed by atoms with E-state index in [1.165, 1.54) is 17.7 Å². The van der Waals surface area contributed by atoms with Crippen molar-refractivity contribution in [2.45, 2.75) is 19.3 Å². The Morgan fingerprint density at radius 3 is 2.33 bits per heavy atom. The lowest BCUT2D eigenvalue weighted by Crippen LogP contribution is -2.49. The van der Waals surface area contributed by atoms with E-state index >= 15 is 0 Å². The molecule has 0 bridgehead atoms. The third kappa shape index (κ3) is 6.07. The molecule has 1 heterocycles. The summed E-state index contributed by atoms with van der Waals surface area (Å²) >= 11 is 0. The van der Waals surface area contributed by atoms with E-state index in [2.05, 4.69) is 34.5 Å². The number of halogens is 1. The summed E-state index contributed by atoms with van der Waals surface area (Å²) in [6.45, 7) is 4.70. The zero-order chi connectivity index (χ0) is 18.9. The molecule has 2 aromatic carbocycles. The molecule has 1 amide bonds. The normalized spacial score (nSPS) is 14.4. The van der Waals surface area contributed by atoms with Gasteiger partial charge >= 0.3 is 0 Å². The van der Waals surface area contributed by atoms with Crippen LogP contribution < -0.4 is 10.2 Å². The number of nitrogens with one attached hydrogen (secondary N) is 1. The van der Waals surface area contributed by atoms with Crippen LogP contribution in [0.1, 0.15) is 18.4 Å². The van der Waals surface area contributed by atoms with Gasteiger partial charge in [0, 0.05) is 44.8 Å². The van der Waals surface area contributed by atoms with Gasteiger partial charge in [0.05, 0.1) is 0 Å². The number of piperazine rings is 1. The Morgan fingerprint density at radius 2 is 1.63 bits per heavy atom. The monoisotopic (exact) mass is 369 g/mol. The number of amides is 1. The zero-order valence-corrected chi connectivity index (χ0v) is 15.7. The van der Waals surface area contributed by atoms with Gasteiger partial charge in [-0.1, -0.05) is 30.3 Å². The number of nitrogens with zero attached hydrogens (tertiary/aromatic N) is 2. The second-order valence-electron chi connectivity index (χ2n) is 6.93. The van der Waals surface area contributed by atoms with E-state index in [0.29, 0.717) is 6.42 Å². The molecule has 0 atom stereocenters. The Labute approximate surface area is 161 Å². The van der Waals surface area contributed by atoms with E-state index in [1.54, 1.807) is 12.1 Å². The lowest BCUT2D eigenvalue weighted by Gasteiger charge is -2.36. The molecule has 144 valence electrons. The van der Waals surface area contributed by atoms with E-state index in [1.807, 2.05) is 11.0 Å². The van der Waals surface area contributed by atoms with E-state index in [4.69, 9.17) is 0 Å².